The number of carbonyl (C=O) groups is 2. The molecule has 0 spiro atoms. The van der Waals surface area contributed by atoms with Gasteiger partial charge in [-0.3, -0.25) is 9.59 Å². The van der Waals surface area contributed by atoms with Gasteiger partial charge in [0.15, 0.2) is 0 Å². The quantitative estimate of drug-likeness (QED) is 0.747. The molecule has 156 valence electrons. The van der Waals surface area contributed by atoms with Gasteiger partial charge in [-0.1, -0.05) is 0 Å². The molecule has 1 aliphatic heterocycles. The summed E-state index contributed by atoms with van der Waals surface area (Å²) in [5.41, 5.74) is 0.351. The van der Waals surface area contributed by atoms with E-state index in [0.29, 0.717) is 11.6 Å². The molecule has 3 rings (SSSR count). The number of sulfonamides is 1. The lowest BCUT2D eigenvalue weighted by Crippen LogP contribution is -2.51. The van der Waals surface area contributed by atoms with Crippen molar-refractivity contribution in [1.29, 1.82) is 0 Å². The lowest BCUT2D eigenvalue weighted by atomic mass is 10.3. The average molecular weight is 427 g/mol. The van der Waals surface area contributed by atoms with E-state index in [9.17, 15) is 26.8 Å². The minimum atomic E-state index is -4.12. The van der Waals surface area contributed by atoms with Gasteiger partial charge in [-0.25, -0.2) is 17.2 Å². The molecule has 0 bridgehead atoms. The molecule has 2 aromatic rings. The number of furan rings is 1. The molecule has 2 heterocycles. The lowest BCUT2D eigenvalue weighted by molar-refractivity contribution is -0.132. The van der Waals surface area contributed by atoms with Gasteiger partial charge in [0.25, 0.3) is 5.91 Å². The van der Waals surface area contributed by atoms with Crippen LogP contribution in [0.2, 0.25) is 0 Å². The van der Waals surface area contributed by atoms with Crippen molar-refractivity contribution in [3.63, 3.8) is 0 Å². The van der Waals surface area contributed by atoms with Crippen molar-refractivity contribution < 1.29 is 31.2 Å². The predicted molar refractivity (Wildman–Crippen MR) is 97.4 cm³/mol. The molecule has 2 amide bonds. The minimum Gasteiger partial charge on any atom is -0.472 e. The number of amides is 2. The Morgan fingerprint density at radius 2 is 1.83 bits per heavy atom. The monoisotopic (exact) mass is 427 g/mol. The van der Waals surface area contributed by atoms with Crippen LogP contribution >= 0.6 is 0 Å². The van der Waals surface area contributed by atoms with E-state index in [2.05, 4.69) is 5.32 Å². The molecule has 0 radical (unpaired) electrons. The molecular weight excluding hydrogens is 408 g/mol. The Hall–Kier alpha value is -2.79. The van der Waals surface area contributed by atoms with Crippen molar-refractivity contribution in [3.8, 4) is 0 Å². The maximum Gasteiger partial charge on any atom is 0.254 e. The van der Waals surface area contributed by atoms with E-state index in [0.717, 1.165) is 16.4 Å². The largest absolute Gasteiger partial charge is 0.472 e. The van der Waals surface area contributed by atoms with E-state index in [1.165, 1.54) is 23.5 Å². The Kier molecular flexibility index (Phi) is 6.28. The van der Waals surface area contributed by atoms with Crippen LogP contribution in [0.15, 0.2) is 46.1 Å². The standard InChI is InChI=1S/C18H19F2N3O5S/c19-14-1-2-16(15(20)11-14)29(26,27)23-8-6-22(7-9-23)17(24)3-5-21-18(25)13-4-10-28-12-13/h1-2,4,10-12H,3,5-9H2,(H,21,25). The van der Waals surface area contributed by atoms with Crippen LogP contribution in [0.3, 0.4) is 0 Å². The number of hydrogen-bond donors (Lipinski definition) is 1. The van der Waals surface area contributed by atoms with E-state index < -0.39 is 26.6 Å². The Morgan fingerprint density at radius 3 is 2.45 bits per heavy atom. The van der Waals surface area contributed by atoms with Gasteiger partial charge in [0.05, 0.1) is 11.8 Å². The molecule has 1 aromatic heterocycles. The fourth-order valence-electron chi connectivity index (χ4n) is 2.94. The third kappa shape index (κ3) is 4.80. The number of benzene rings is 1. The number of nitrogens with zero attached hydrogens (tertiary/aromatic N) is 2. The highest BCUT2D eigenvalue weighted by Gasteiger charge is 2.32. The van der Waals surface area contributed by atoms with Crippen molar-refractivity contribution in [2.24, 2.45) is 0 Å². The summed E-state index contributed by atoms with van der Waals surface area (Å²) in [5, 5.41) is 2.60. The summed E-state index contributed by atoms with van der Waals surface area (Å²) in [7, 11) is -4.12. The van der Waals surface area contributed by atoms with E-state index >= 15 is 0 Å². The van der Waals surface area contributed by atoms with Crippen LogP contribution in [0.4, 0.5) is 8.78 Å². The Morgan fingerprint density at radius 1 is 1.10 bits per heavy atom. The summed E-state index contributed by atoms with van der Waals surface area (Å²) in [6.07, 6.45) is 2.72. The maximum atomic E-state index is 13.9. The summed E-state index contributed by atoms with van der Waals surface area (Å²) in [5.74, 6) is -2.61. The Bertz CT molecular complexity index is 987. The highest BCUT2D eigenvalue weighted by atomic mass is 32.2. The number of nitrogens with one attached hydrogen (secondary N) is 1. The normalized spacial score (nSPS) is 15.3. The Labute approximate surface area is 166 Å². The number of rotatable bonds is 6. The fourth-order valence-corrected chi connectivity index (χ4v) is 4.41. The van der Waals surface area contributed by atoms with Gasteiger partial charge in [0.2, 0.25) is 15.9 Å². The van der Waals surface area contributed by atoms with Gasteiger partial charge in [0, 0.05) is 45.2 Å². The highest BCUT2D eigenvalue weighted by Crippen LogP contribution is 2.21. The van der Waals surface area contributed by atoms with Gasteiger partial charge in [-0.2, -0.15) is 4.31 Å². The van der Waals surface area contributed by atoms with Crippen molar-refractivity contribution in [2.75, 3.05) is 32.7 Å². The van der Waals surface area contributed by atoms with Gasteiger partial charge >= 0.3 is 0 Å². The molecule has 29 heavy (non-hydrogen) atoms. The first-order valence-electron chi connectivity index (χ1n) is 8.82. The van der Waals surface area contributed by atoms with Crippen molar-refractivity contribution in [1.82, 2.24) is 14.5 Å². The van der Waals surface area contributed by atoms with Crippen LogP contribution in [0.1, 0.15) is 16.8 Å². The number of piperazine rings is 1. The summed E-state index contributed by atoms with van der Waals surface area (Å²) in [6, 6.07) is 3.79. The molecule has 1 aromatic carbocycles. The van der Waals surface area contributed by atoms with E-state index in [1.54, 1.807) is 0 Å². The number of hydrogen-bond acceptors (Lipinski definition) is 5. The highest BCUT2D eigenvalue weighted by molar-refractivity contribution is 7.89. The first-order valence-corrected chi connectivity index (χ1v) is 10.3. The van der Waals surface area contributed by atoms with Crippen LogP contribution in [-0.2, 0) is 14.8 Å². The molecule has 1 fully saturated rings. The summed E-state index contributed by atoms with van der Waals surface area (Å²) in [4.78, 5) is 24.9. The van der Waals surface area contributed by atoms with Gasteiger partial charge in [0.1, 0.15) is 22.8 Å². The molecule has 0 atom stereocenters. The maximum absolute atomic E-state index is 13.9. The summed E-state index contributed by atoms with van der Waals surface area (Å²) in [6.45, 7) is 0.383. The third-order valence-electron chi connectivity index (χ3n) is 4.51. The van der Waals surface area contributed by atoms with Crippen LogP contribution in [-0.4, -0.2) is 62.2 Å². The molecule has 1 aliphatic rings. The summed E-state index contributed by atoms with van der Waals surface area (Å²) < 4.78 is 57.9. The topological polar surface area (TPSA) is 99.9 Å². The second-order valence-corrected chi connectivity index (χ2v) is 8.28. The van der Waals surface area contributed by atoms with Crippen LogP contribution in [0.25, 0.3) is 0 Å². The number of halogens is 2. The second kappa shape index (κ2) is 8.70. The van der Waals surface area contributed by atoms with Crippen molar-refractivity contribution in [2.45, 2.75) is 11.3 Å². The minimum absolute atomic E-state index is 0.00767. The molecule has 11 heteroatoms. The predicted octanol–water partition coefficient (Wildman–Crippen LogP) is 1.21. The zero-order valence-corrected chi connectivity index (χ0v) is 16.1. The van der Waals surface area contributed by atoms with Crippen LogP contribution in [0, 0.1) is 11.6 Å². The average Bonchev–Trinajstić information content (AvgIpc) is 3.22. The molecular formula is C18H19F2N3O5S. The molecule has 1 saturated heterocycles. The smallest absolute Gasteiger partial charge is 0.254 e. The zero-order chi connectivity index (χ0) is 21.0. The van der Waals surface area contributed by atoms with Crippen molar-refractivity contribution in [3.05, 3.63) is 54.0 Å². The SMILES string of the molecule is O=C(NCCC(=O)N1CCN(S(=O)(=O)c2ccc(F)cc2F)CC1)c1ccoc1. The van der Waals surface area contributed by atoms with Crippen LogP contribution < -0.4 is 5.32 Å². The first kappa shape index (κ1) is 20.9. The second-order valence-electron chi connectivity index (χ2n) is 6.38. The van der Waals surface area contributed by atoms with Gasteiger partial charge in [-0.05, 0) is 18.2 Å². The first-order chi connectivity index (χ1) is 13.8. The molecule has 0 saturated carbocycles. The summed E-state index contributed by atoms with van der Waals surface area (Å²) >= 11 is 0. The third-order valence-corrected chi connectivity index (χ3v) is 6.44. The molecule has 8 nitrogen and oxygen atoms in total. The zero-order valence-electron chi connectivity index (χ0n) is 15.3. The van der Waals surface area contributed by atoms with E-state index in [-0.39, 0.29) is 51.0 Å². The molecule has 0 unspecified atom stereocenters. The molecule has 0 aliphatic carbocycles. The fraction of sp³-hybridized carbons (Fsp3) is 0.333. The lowest BCUT2D eigenvalue weighted by Gasteiger charge is -2.34. The molecule has 1 N–H and O–H groups in total. The van der Waals surface area contributed by atoms with Crippen LogP contribution in [0.5, 0.6) is 0 Å². The van der Waals surface area contributed by atoms with Crippen molar-refractivity contribution >= 4 is 21.8 Å². The van der Waals surface area contributed by atoms with E-state index in [1.807, 2.05) is 0 Å². The Balaban J connectivity index is 1.50. The van der Waals surface area contributed by atoms with E-state index in [4.69, 9.17) is 4.42 Å². The van der Waals surface area contributed by atoms with Gasteiger partial charge < -0.3 is 14.6 Å². The van der Waals surface area contributed by atoms with Gasteiger partial charge in [-0.15, -0.1) is 0 Å². The number of carbonyl (C=O) groups excluding carboxylic acids is 2.